The Balaban J connectivity index is 2.23. The molecule has 0 bridgehead atoms. The highest BCUT2D eigenvalue weighted by atomic mass is 16.5. The first-order valence-corrected chi connectivity index (χ1v) is 4.67. The molecule has 4 heteroatoms. The molecule has 1 saturated heterocycles. The molecule has 4 nitrogen and oxygen atoms in total. The molecule has 0 amide bonds. The van der Waals surface area contributed by atoms with Crippen LogP contribution in [0.4, 0.5) is 0 Å². The number of aromatic nitrogens is 1. The Kier molecular flexibility index (Phi) is 2.22. The van der Waals surface area contributed by atoms with Crippen molar-refractivity contribution in [3.8, 4) is 0 Å². The summed E-state index contributed by atoms with van der Waals surface area (Å²) in [5, 5.41) is 5.67. The van der Waals surface area contributed by atoms with Gasteiger partial charge in [0.25, 0.3) is 5.56 Å². The minimum Gasteiger partial charge on any atom is -0.383 e. The van der Waals surface area contributed by atoms with Gasteiger partial charge in [-0.15, -0.1) is 0 Å². The summed E-state index contributed by atoms with van der Waals surface area (Å²) in [7, 11) is 0. The first-order valence-electron chi connectivity index (χ1n) is 4.67. The summed E-state index contributed by atoms with van der Waals surface area (Å²) < 4.78 is 5.16. The highest BCUT2D eigenvalue weighted by Crippen LogP contribution is 2.23. The molecule has 2 rings (SSSR count). The normalized spacial score (nSPS) is 23.3. The van der Waals surface area contributed by atoms with Crippen molar-refractivity contribution in [1.82, 2.24) is 10.5 Å². The summed E-state index contributed by atoms with van der Waals surface area (Å²) in [4.78, 5) is 11.1. The Morgan fingerprint density at radius 1 is 1.54 bits per heavy atom. The number of H-pyrrole nitrogens is 1. The van der Waals surface area contributed by atoms with Gasteiger partial charge in [-0.05, 0) is 26.3 Å². The minimum atomic E-state index is -0.0967. The topological polar surface area (TPSA) is 58.0 Å². The molecule has 1 aromatic rings. The van der Waals surface area contributed by atoms with Crippen molar-refractivity contribution in [3.05, 3.63) is 21.7 Å². The molecule has 1 aromatic heterocycles. The largest absolute Gasteiger partial charge is 0.383 e. The van der Waals surface area contributed by atoms with E-state index in [1.807, 2.05) is 6.92 Å². The number of aromatic amines is 1. The smallest absolute Gasteiger partial charge is 0.283 e. The molecule has 1 aliphatic rings. The summed E-state index contributed by atoms with van der Waals surface area (Å²) in [6, 6.07) is 0. The third-order valence-electron chi connectivity index (χ3n) is 2.63. The molecule has 0 saturated carbocycles. The molecule has 13 heavy (non-hydrogen) atoms. The van der Waals surface area contributed by atoms with Crippen LogP contribution in [0.2, 0.25) is 0 Å². The van der Waals surface area contributed by atoms with Crippen molar-refractivity contribution in [2.45, 2.75) is 25.7 Å². The molecule has 1 fully saturated rings. The molecular weight excluding hydrogens is 168 g/mol. The number of hydrogen-bond donors (Lipinski definition) is 2. The zero-order valence-electron chi connectivity index (χ0n) is 7.72. The van der Waals surface area contributed by atoms with E-state index in [2.05, 4.69) is 10.5 Å². The van der Waals surface area contributed by atoms with Gasteiger partial charge in [0.2, 0.25) is 0 Å². The van der Waals surface area contributed by atoms with Gasteiger partial charge in [-0.2, -0.15) is 5.16 Å². The third kappa shape index (κ3) is 1.54. The lowest BCUT2D eigenvalue weighted by atomic mass is 9.95. The Morgan fingerprint density at radius 2 is 2.38 bits per heavy atom. The zero-order chi connectivity index (χ0) is 9.26. The molecule has 0 radical (unpaired) electrons. The van der Waals surface area contributed by atoms with Crippen molar-refractivity contribution < 1.29 is 4.52 Å². The molecule has 2 heterocycles. The monoisotopic (exact) mass is 182 g/mol. The van der Waals surface area contributed by atoms with Gasteiger partial charge in [0, 0.05) is 12.5 Å². The predicted molar refractivity (Wildman–Crippen MR) is 48.9 cm³/mol. The van der Waals surface area contributed by atoms with Crippen LogP contribution in [0.3, 0.4) is 0 Å². The minimum absolute atomic E-state index is 0.0967. The molecule has 0 spiro atoms. The van der Waals surface area contributed by atoms with Gasteiger partial charge >= 0.3 is 0 Å². The quantitative estimate of drug-likeness (QED) is 0.673. The van der Waals surface area contributed by atoms with E-state index >= 15 is 0 Å². The van der Waals surface area contributed by atoms with Gasteiger partial charge in [-0.1, -0.05) is 0 Å². The third-order valence-corrected chi connectivity index (χ3v) is 2.63. The predicted octanol–water partition coefficient (Wildman–Crippen LogP) is 0.743. The van der Waals surface area contributed by atoms with Crippen LogP contribution < -0.4 is 10.9 Å². The summed E-state index contributed by atoms with van der Waals surface area (Å²) in [5.74, 6) is 1.20. The summed E-state index contributed by atoms with van der Waals surface area (Å²) in [6.45, 7) is 3.80. The van der Waals surface area contributed by atoms with E-state index in [0.717, 1.165) is 37.3 Å². The molecule has 2 N–H and O–H groups in total. The Hall–Kier alpha value is -1.03. The van der Waals surface area contributed by atoms with E-state index in [4.69, 9.17) is 4.52 Å². The molecule has 0 aromatic carbocycles. The second-order valence-electron chi connectivity index (χ2n) is 3.57. The van der Waals surface area contributed by atoms with Gasteiger partial charge in [-0.25, -0.2) is 0 Å². The van der Waals surface area contributed by atoms with Crippen LogP contribution in [0.15, 0.2) is 9.32 Å². The van der Waals surface area contributed by atoms with E-state index < -0.39 is 0 Å². The van der Waals surface area contributed by atoms with Gasteiger partial charge in [0.05, 0.1) is 5.56 Å². The summed E-state index contributed by atoms with van der Waals surface area (Å²) in [6.07, 6.45) is 2.26. The highest BCUT2D eigenvalue weighted by Gasteiger charge is 2.21. The lowest BCUT2D eigenvalue weighted by Gasteiger charge is -2.20. The van der Waals surface area contributed by atoms with Gasteiger partial charge in [0.15, 0.2) is 0 Å². The molecular formula is C9H14N2O2. The van der Waals surface area contributed by atoms with Crippen molar-refractivity contribution in [2.75, 3.05) is 13.1 Å². The first kappa shape index (κ1) is 8.56. The fraction of sp³-hybridized carbons (Fsp3) is 0.667. The first-order chi connectivity index (χ1) is 6.29. The summed E-state index contributed by atoms with van der Waals surface area (Å²) >= 11 is 0. The van der Waals surface area contributed by atoms with Gasteiger partial charge < -0.3 is 9.84 Å². The van der Waals surface area contributed by atoms with Crippen molar-refractivity contribution in [2.24, 2.45) is 0 Å². The van der Waals surface area contributed by atoms with Crippen molar-refractivity contribution in [3.63, 3.8) is 0 Å². The standard InChI is InChI=1S/C9H14N2O2/c1-6-8(13-11-9(6)12)7-3-2-4-10-5-7/h7,10H,2-5H2,1H3,(H,11,12). The maximum absolute atomic E-state index is 11.1. The fourth-order valence-electron chi connectivity index (χ4n) is 1.83. The molecule has 0 aliphatic carbocycles. The van der Waals surface area contributed by atoms with Crippen molar-refractivity contribution >= 4 is 0 Å². The Labute approximate surface area is 76.3 Å². The summed E-state index contributed by atoms with van der Waals surface area (Å²) in [5.41, 5.74) is 0.634. The highest BCUT2D eigenvalue weighted by molar-refractivity contribution is 5.16. The lowest BCUT2D eigenvalue weighted by Crippen LogP contribution is -2.28. The molecule has 1 atom stereocenters. The number of piperidine rings is 1. The van der Waals surface area contributed by atoms with Crippen LogP contribution in [0.25, 0.3) is 0 Å². The number of rotatable bonds is 1. The maximum atomic E-state index is 11.1. The number of nitrogens with one attached hydrogen (secondary N) is 2. The number of hydrogen-bond acceptors (Lipinski definition) is 3. The molecule has 1 aliphatic heterocycles. The van der Waals surface area contributed by atoms with E-state index in [0.29, 0.717) is 5.92 Å². The fourth-order valence-corrected chi connectivity index (χ4v) is 1.83. The van der Waals surface area contributed by atoms with E-state index in [1.54, 1.807) is 0 Å². The van der Waals surface area contributed by atoms with Gasteiger partial charge in [-0.3, -0.25) is 4.79 Å². The van der Waals surface area contributed by atoms with Gasteiger partial charge in [0.1, 0.15) is 5.76 Å². The molecule has 72 valence electrons. The Bertz CT molecular complexity index is 334. The van der Waals surface area contributed by atoms with E-state index in [9.17, 15) is 4.79 Å². The SMILES string of the molecule is Cc1c(C2CCCNC2)o[nH]c1=O. The maximum Gasteiger partial charge on any atom is 0.283 e. The average Bonchev–Trinajstić information content (AvgIpc) is 2.49. The van der Waals surface area contributed by atoms with Crippen LogP contribution in [0, 0.1) is 6.92 Å². The average molecular weight is 182 g/mol. The van der Waals surface area contributed by atoms with Crippen LogP contribution in [0.5, 0.6) is 0 Å². The van der Waals surface area contributed by atoms with E-state index in [-0.39, 0.29) is 5.56 Å². The second-order valence-corrected chi connectivity index (χ2v) is 3.57. The zero-order valence-corrected chi connectivity index (χ0v) is 7.72. The van der Waals surface area contributed by atoms with Crippen LogP contribution in [-0.2, 0) is 0 Å². The van der Waals surface area contributed by atoms with Crippen LogP contribution >= 0.6 is 0 Å². The molecule has 1 unspecified atom stereocenters. The van der Waals surface area contributed by atoms with E-state index in [1.165, 1.54) is 0 Å². The second kappa shape index (κ2) is 3.38. The van der Waals surface area contributed by atoms with Crippen LogP contribution in [0.1, 0.15) is 30.1 Å². The Morgan fingerprint density at radius 3 is 2.92 bits per heavy atom. The van der Waals surface area contributed by atoms with Crippen molar-refractivity contribution in [1.29, 1.82) is 0 Å². The lowest BCUT2D eigenvalue weighted by molar-refractivity contribution is 0.326. The van der Waals surface area contributed by atoms with Crippen LogP contribution in [-0.4, -0.2) is 18.2 Å².